The molecule has 2 heterocycles. The van der Waals surface area contributed by atoms with Gasteiger partial charge in [-0.2, -0.15) is 9.78 Å². The molecule has 0 N–H and O–H groups in total. The third kappa shape index (κ3) is 3.43. The van der Waals surface area contributed by atoms with Crippen LogP contribution in [0.2, 0.25) is 0 Å². The standard InChI is InChI=1S/C22H19BrN4O3/c1-13-18(16-6-4-5-7-20(16)26(13)12-21(28)30-3)11-24-27-14(2)25-19-9-8-15(23)10-17(19)22(27)29/h4-11H,12H2,1-3H3. The lowest BCUT2D eigenvalue weighted by Gasteiger charge is -2.07. The summed E-state index contributed by atoms with van der Waals surface area (Å²) < 4.78 is 8.80. The molecule has 0 unspecified atom stereocenters. The molecule has 0 aliphatic heterocycles. The van der Waals surface area contributed by atoms with Crippen LogP contribution in [0.3, 0.4) is 0 Å². The van der Waals surface area contributed by atoms with Gasteiger partial charge in [0.15, 0.2) is 0 Å². The first-order valence-corrected chi connectivity index (χ1v) is 10.1. The second-order valence-corrected chi connectivity index (χ2v) is 7.78. The molecule has 0 aliphatic rings. The molecule has 152 valence electrons. The fraction of sp³-hybridized carbons (Fsp3) is 0.182. The fourth-order valence-electron chi connectivity index (χ4n) is 3.53. The highest BCUT2D eigenvalue weighted by molar-refractivity contribution is 9.10. The van der Waals surface area contributed by atoms with Gasteiger partial charge in [-0.3, -0.25) is 9.59 Å². The number of nitrogens with zero attached hydrogens (tertiary/aromatic N) is 4. The third-order valence-corrected chi connectivity index (χ3v) is 5.56. The molecule has 7 nitrogen and oxygen atoms in total. The van der Waals surface area contributed by atoms with Crippen molar-refractivity contribution in [2.75, 3.05) is 7.11 Å². The molecule has 2 aromatic heterocycles. The van der Waals surface area contributed by atoms with Gasteiger partial charge in [0, 0.05) is 26.6 Å². The van der Waals surface area contributed by atoms with E-state index in [1.54, 1.807) is 25.3 Å². The van der Waals surface area contributed by atoms with Crippen LogP contribution < -0.4 is 5.56 Å². The van der Waals surface area contributed by atoms with Crippen LogP contribution >= 0.6 is 15.9 Å². The molecule has 4 aromatic rings. The van der Waals surface area contributed by atoms with Gasteiger partial charge in [-0.05, 0) is 38.1 Å². The topological polar surface area (TPSA) is 78.5 Å². The predicted octanol–water partition coefficient (Wildman–Crippen LogP) is 3.79. The highest BCUT2D eigenvalue weighted by atomic mass is 79.9. The van der Waals surface area contributed by atoms with E-state index >= 15 is 0 Å². The maximum absolute atomic E-state index is 13.0. The zero-order valence-electron chi connectivity index (χ0n) is 16.7. The van der Waals surface area contributed by atoms with E-state index in [-0.39, 0.29) is 18.1 Å². The normalized spacial score (nSPS) is 11.6. The first-order valence-electron chi connectivity index (χ1n) is 9.28. The van der Waals surface area contributed by atoms with Gasteiger partial charge >= 0.3 is 5.97 Å². The molecule has 0 amide bonds. The Hall–Kier alpha value is -3.26. The minimum atomic E-state index is -0.335. The quantitative estimate of drug-likeness (QED) is 0.338. The van der Waals surface area contributed by atoms with Crippen molar-refractivity contribution < 1.29 is 9.53 Å². The van der Waals surface area contributed by atoms with Gasteiger partial charge < -0.3 is 9.30 Å². The Balaban J connectivity index is 1.87. The number of fused-ring (bicyclic) bond motifs is 2. The SMILES string of the molecule is COC(=O)Cn1c(C)c(C=Nn2c(C)nc3ccc(Br)cc3c2=O)c2ccccc21. The number of methoxy groups -OCH3 is 1. The van der Waals surface area contributed by atoms with Gasteiger partial charge in [0.1, 0.15) is 12.4 Å². The van der Waals surface area contributed by atoms with Crippen LogP contribution in [0.15, 0.2) is 56.8 Å². The Bertz CT molecular complexity index is 1380. The van der Waals surface area contributed by atoms with Crippen molar-refractivity contribution in [1.29, 1.82) is 0 Å². The summed E-state index contributed by atoms with van der Waals surface area (Å²) in [6, 6.07) is 13.1. The van der Waals surface area contributed by atoms with E-state index < -0.39 is 0 Å². The second-order valence-electron chi connectivity index (χ2n) is 6.86. The Kier molecular flexibility index (Phi) is 5.26. The number of carbonyl (C=O) groups excluding carboxylic acids is 1. The molecule has 0 spiro atoms. The van der Waals surface area contributed by atoms with Crippen molar-refractivity contribution in [3.63, 3.8) is 0 Å². The first-order chi connectivity index (χ1) is 14.4. The average molecular weight is 467 g/mol. The van der Waals surface area contributed by atoms with Gasteiger partial charge in [0.25, 0.3) is 5.56 Å². The number of esters is 1. The average Bonchev–Trinajstić information content (AvgIpc) is 3.00. The summed E-state index contributed by atoms with van der Waals surface area (Å²) in [6.07, 6.45) is 1.64. The monoisotopic (exact) mass is 466 g/mol. The maximum Gasteiger partial charge on any atom is 0.325 e. The van der Waals surface area contributed by atoms with Crippen molar-refractivity contribution in [1.82, 2.24) is 14.2 Å². The molecule has 4 rings (SSSR count). The van der Waals surface area contributed by atoms with Crippen molar-refractivity contribution >= 4 is 49.9 Å². The molecule has 0 aliphatic carbocycles. The molecular formula is C22H19BrN4O3. The Labute approximate surface area is 180 Å². The molecule has 2 aromatic carbocycles. The minimum Gasteiger partial charge on any atom is -0.468 e. The molecule has 0 atom stereocenters. The molecule has 0 saturated carbocycles. The molecule has 8 heteroatoms. The van der Waals surface area contributed by atoms with Gasteiger partial charge in [0.2, 0.25) is 0 Å². The van der Waals surface area contributed by atoms with Crippen LogP contribution in [-0.4, -0.2) is 33.5 Å². The van der Waals surface area contributed by atoms with Gasteiger partial charge in [-0.25, -0.2) is 4.98 Å². The highest BCUT2D eigenvalue weighted by Crippen LogP contribution is 2.25. The zero-order chi connectivity index (χ0) is 21.4. The maximum atomic E-state index is 13.0. The fourth-order valence-corrected chi connectivity index (χ4v) is 3.89. The lowest BCUT2D eigenvalue weighted by Crippen LogP contribution is -2.20. The number of rotatable bonds is 4. The lowest BCUT2D eigenvalue weighted by atomic mass is 10.1. The second kappa shape index (κ2) is 7.87. The molecule has 0 fully saturated rings. The first kappa shape index (κ1) is 20.0. The Morgan fingerprint density at radius 3 is 2.73 bits per heavy atom. The van der Waals surface area contributed by atoms with Crippen LogP contribution in [0, 0.1) is 13.8 Å². The molecule has 0 saturated heterocycles. The number of carbonyl (C=O) groups is 1. The van der Waals surface area contributed by atoms with E-state index in [2.05, 4.69) is 26.0 Å². The molecule has 0 bridgehead atoms. The van der Waals surface area contributed by atoms with E-state index in [9.17, 15) is 9.59 Å². The van der Waals surface area contributed by atoms with E-state index in [4.69, 9.17) is 4.74 Å². The number of benzene rings is 2. The van der Waals surface area contributed by atoms with Crippen LogP contribution in [0.5, 0.6) is 0 Å². The summed E-state index contributed by atoms with van der Waals surface area (Å²) in [4.78, 5) is 29.3. The number of aryl methyl sites for hydroxylation is 1. The third-order valence-electron chi connectivity index (χ3n) is 5.07. The summed E-state index contributed by atoms with van der Waals surface area (Å²) in [7, 11) is 1.37. The molecular weight excluding hydrogens is 448 g/mol. The lowest BCUT2D eigenvalue weighted by molar-refractivity contribution is -0.141. The molecule has 0 radical (unpaired) electrons. The minimum absolute atomic E-state index is 0.0984. The van der Waals surface area contributed by atoms with Crippen LogP contribution in [0.1, 0.15) is 17.1 Å². The van der Waals surface area contributed by atoms with E-state index in [1.807, 2.05) is 41.8 Å². The van der Waals surface area contributed by atoms with Crippen LogP contribution in [0.25, 0.3) is 21.8 Å². The predicted molar refractivity (Wildman–Crippen MR) is 120 cm³/mol. The summed E-state index contributed by atoms with van der Waals surface area (Å²) in [5.41, 5.74) is 2.96. The summed E-state index contributed by atoms with van der Waals surface area (Å²) in [6.45, 7) is 3.75. The highest BCUT2D eigenvalue weighted by Gasteiger charge is 2.15. The number of hydrogen-bond acceptors (Lipinski definition) is 5. The van der Waals surface area contributed by atoms with Crippen molar-refractivity contribution in [3.05, 3.63) is 74.4 Å². The number of hydrogen-bond donors (Lipinski definition) is 0. The largest absolute Gasteiger partial charge is 0.468 e. The van der Waals surface area contributed by atoms with E-state index in [0.29, 0.717) is 16.7 Å². The van der Waals surface area contributed by atoms with Crippen LogP contribution in [-0.2, 0) is 16.1 Å². The number of aromatic nitrogens is 3. The smallest absolute Gasteiger partial charge is 0.325 e. The molecule has 30 heavy (non-hydrogen) atoms. The van der Waals surface area contributed by atoms with Crippen molar-refractivity contribution in [2.45, 2.75) is 20.4 Å². The summed E-state index contributed by atoms with van der Waals surface area (Å²) in [5.74, 6) is 0.153. The van der Waals surface area contributed by atoms with Gasteiger partial charge in [0.05, 0.1) is 24.2 Å². The summed E-state index contributed by atoms with van der Waals surface area (Å²) in [5, 5.41) is 5.87. The van der Waals surface area contributed by atoms with Crippen LogP contribution in [0.4, 0.5) is 0 Å². The Morgan fingerprint density at radius 1 is 1.20 bits per heavy atom. The van der Waals surface area contributed by atoms with Gasteiger partial charge in [-0.1, -0.05) is 34.1 Å². The van der Waals surface area contributed by atoms with Crippen molar-refractivity contribution in [3.8, 4) is 0 Å². The number of halogens is 1. The zero-order valence-corrected chi connectivity index (χ0v) is 18.3. The number of ether oxygens (including phenoxy) is 1. The van der Waals surface area contributed by atoms with E-state index in [0.717, 1.165) is 26.6 Å². The van der Waals surface area contributed by atoms with Gasteiger partial charge in [-0.15, -0.1) is 0 Å². The van der Waals surface area contributed by atoms with E-state index in [1.165, 1.54) is 11.8 Å². The Morgan fingerprint density at radius 2 is 1.97 bits per heavy atom. The number of para-hydroxylation sites is 1. The van der Waals surface area contributed by atoms with Crippen molar-refractivity contribution in [2.24, 2.45) is 5.10 Å². The summed E-state index contributed by atoms with van der Waals surface area (Å²) >= 11 is 3.40.